The van der Waals surface area contributed by atoms with Crippen LogP contribution in [0.1, 0.15) is 24.0 Å². The molecule has 0 aliphatic carbocycles. The van der Waals surface area contributed by atoms with Gasteiger partial charge in [0.05, 0.1) is 25.5 Å². The van der Waals surface area contributed by atoms with Crippen molar-refractivity contribution in [3.63, 3.8) is 0 Å². The van der Waals surface area contributed by atoms with Crippen molar-refractivity contribution in [2.45, 2.75) is 30.2 Å². The summed E-state index contributed by atoms with van der Waals surface area (Å²) in [6, 6.07) is 9.67. The molecule has 0 saturated carbocycles. The van der Waals surface area contributed by atoms with Gasteiger partial charge in [-0.2, -0.15) is 9.97 Å². The lowest BCUT2D eigenvalue weighted by atomic mass is 9.94. The zero-order valence-electron chi connectivity index (χ0n) is 13.6. The van der Waals surface area contributed by atoms with Crippen LogP contribution in [0.4, 0.5) is 0 Å². The molecule has 1 aromatic carbocycles. The Bertz CT molecular complexity index is 656. The van der Waals surface area contributed by atoms with Gasteiger partial charge in [0.2, 0.25) is 11.8 Å². The third-order valence-electron chi connectivity index (χ3n) is 3.62. The van der Waals surface area contributed by atoms with Crippen molar-refractivity contribution in [2.75, 3.05) is 14.2 Å². The third kappa shape index (κ3) is 4.22. The zero-order valence-corrected chi connectivity index (χ0v) is 14.5. The van der Waals surface area contributed by atoms with Gasteiger partial charge in [0.25, 0.3) is 0 Å². The van der Waals surface area contributed by atoms with E-state index in [0.717, 1.165) is 17.4 Å². The zero-order chi connectivity index (χ0) is 16.8. The van der Waals surface area contributed by atoms with Gasteiger partial charge in [-0.1, -0.05) is 43.0 Å². The summed E-state index contributed by atoms with van der Waals surface area (Å²) in [7, 11) is 3.06. The molecule has 0 bridgehead atoms. The van der Waals surface area contributed by atoms with Crippen molar-refractivity contribution in [3.05, 3.63) is 41.5 Å². The number of rotatable bonds is 7. The van der Waals surface area contributed by atoms with Crippen LogP contribution in [-0.2, 0) is 4.79 Å². The van der Waals surface area contributed by atoms with E-state index in [1.165, 1.54) is 26.0 Å². The van der Waals surface area contributed by atoms with Gasteiger partial charge in [0.1, 0.15) is 6.29 Å². The predicted octanol–water partition coefficient (Wildman–Crippen LogP) is 3.27. The van der Waals surface area contributed by atoms with Crippen LogP contribution in [-0.4, -0.2) is 35.7 Å². The summed E-state index contributed by atoms with van der Waals surface area (Å²) in [4.78, 5) is 20.2. The number of nitrogens with zero attached hydrogens (tertiary/aromatic N) is 2. The number of benzene rings is 1. The Morgan fingerprint density at radius 1 is 1.13 bits per heavy atom. The molecule has 2 aromatic rings. The highest BCUT2D eigenvalue weighted by Gasteiger charge is 2.23. The van der Waals surface area contributed by atoms with Crippen molar-refractivity contribution >= 4 is 18.0 Å². The summed E-state index contributed by atoms with van der Waals surface area (Å²) in [5.41, 5.74) is 2.31. The molecule has 2 unspecified atom stereocenters. The molecule has 1 heterocycles. The lowest BCUT2D eigenvalue weighted by molar-refractivity contribution is -0.107. The fourth-order valence-electron chi connectivity index (χ4n) is 2.29. The van der Waals surface area contributed by atoms with Crippen LogP contribution in [0.2, 0.25) is 0 Å². The maximum absolute atomic E-state index is 11.6. The van der Waals surface area contributed by atoms with Gasteiger partial charge in [0, 0.05) is 5.92 Å². The van der Waals surface area contributed by atoms with Crippen molar-refractivity contribution in [2.24, 2.45) is 0 Å². The minimum absolute atomic E-state index is 0.0412. The Kier molecular flexibility index (Phi) is 5.98. The molecule has 0 fully saturated rings. The van der Waals surface area contributed by atoms with E-state index in [-0.39, 0.29) is 11.2 Å². The number of aryl methyl sites for hydroxylation is 1. The number of carbonyl (C=O) groups is 1. The van der Waals surface area contributed by atoms with Crippen LogP contribution in [0.15, 0.2) is 35.5 Å². The summed E-state index contributed by atoms with van der Waals surface area (Å²) in [5, 5.41) is 0.159. The maximum Gasteiger partial charge on any atom is 0.220 e. The molecular weight excluding hydrogens is 312 g/mol. The van der Waals surface area contributed by atoms with E-state index in [1.807, 2.05) is 38.1 Å². The second-order valence-corrected chi connectivity index (χ2v) is 6.24. The summed E-state index contributed by atoms with van der Waals surface area (Å²) < 4.78 is 10.3. The van der Waals surface area contributed by atoms with E-state index < -0.39 is 0 Å². The number of hydrogen-bond donors (Lipinski definition) is 0. The topological polar surface area (TPSA) is 61.3 Å². The quantitative estimate of drug-likeness (QED) is 0.440. The first-order chi connectivity index (χ1) is 11.1. The average molecular weight is 332 g/mol. The van der Waals surface area contributed by atoms with Gasteiger partial charge in [-0.25, -0.2) is 0 Å². The van der Waals surface area contributed by atoms with Crippen LogP contribution in [0, 0.1) is 6.92 Å². The molecule has 0 N–H and O–H groups in total. The molecule has 2 atom stereocenters. The van der Waals surface area contributed by atoms with Gasteiger partial charge < -0.3 is 14.3 Å². The Morgan fingerprint density at radius 2 is 1.74 bits per heavy atom. The standard InChI is InChI=1S/C17H20N2O3S/c1-11-7-5-6-8-13(11)12(2)14(10-20)23-17-18-15(21-3)9-16(19-17)22-4/h5-10,12,14H,1-4H3. The van der Waals surface area contributed by atoms with Gasteiger partial charge in [-0.05, 0) is 18.1 Å². The fourth-order valence-corrected chi connectivity index (χ4v) is 3.22. The van der Waals surface area contributed by atoms with Crippen LogP contribution >= 0.6 is 11.8 Å². The first kappa shape index (κ1) is 17.3. The normalized spacial score (nSPS) is 13.2. The van der Waals surface area contributed by atoms with Gasteiger partial charge in [0.15, 0.2) is 5.16 Å². The van der Waals surface area contributed by atoms with Crippen molar-refractivity contribution in [1.29, 1.82) is 0 Å². The molecule has 0 amide bonds. The highest BCUT2D eigenvalue weighted by molar-refractivity contribution is 8.00. The van der Waals surface area contributed by atoms with E-state index in [0.29, 0.717) is 16.9 Å². The number of methoxy groups -OCH3 is 2. The minimum Gasteiger partial charge on any atom is -0.481 e. The lowest BCUT2D eigenvalue weighted by Crippen LogP contribution is -2.16. The molecule has 0 aliphatic rings. The average Bonchev–Trinajstić information content (AvgIpc) is 2.59. The monoisotopic (exact) mass is 332 g/mol. The molecule has 23 heavy (non-hydrogen) atoms. The maximum atomic E-state index is 11.6. The van der Waals surface area contributed by atoms with E-state index in [2.05, 4.69) is 9.97 Å². The van der Waals surface area contributed by atoms with Crippen molar-refractivity contribution in [3.8, 4) is 11.8 Å². The molecule has 6 heteroatoms. The number of aldehydes is 1. The number of aromatic nitrogens is 2. The number of thioether (sulfide) groups is 1. The Labute approximate surface area is 140 Å². The van der Waals surface area contributed by atoms with Gasteiger partial charge in [-0.15, -0.1) is 0 Å². The molecule has 2 rings (SSSR count). The van der Waals surface area contributed by atoms with Gasteiger partial charge in [-0.3, -0.25) is 0 Å². The van der Waals surface area contributed by atoms with E-state index in [9.17, 15) is 4.79 Å². The van der Waals surface area contributed by atoms with E-state index in [4.69, 9.17) is 9.47 Å². The highest BCUT2D eigenvalue weighted by Crippen LogP contribution is 2.33. The first-order valence-electron chi connectivity index (χ1n) is 7.23. The largest absolute Gasteiger partial charge is 0.481 e. The number of carbonyl (C=O) groups excluding carboxylic acids is 1. The smallest absolute Gasteiger partial charge is 0.220 e. The number of ether oxygens (including phenoxy) is 2. The fraction of sp³-hybridized carbons (Fsp3) is 0.353. The van der Waals surface area contributed by atoms with Crippen molar-refractivity contribution < 1.29 is 14.3 Å². The number of hydrogen-bond acceptors (Lipinski definition) is 6. The summed E-state index contributed by atoms with van der Waals surface area (Å²) >= 11 is 1.31. The van der Waals surface area contributed by atoms with Crippen molar-refractivity contribution in [1.82, 2.24) is 9.97 Å². The molecule has 0 aliphatic heterocycles. The Balaban J connectivity index is 2.25. The first-order valence-corrected chi connectivity index (χ1v) is 8.11. The molecule has 5 nitrogen and oxygen atoms in total. The van der Waals surface area contributed by atoms with Crippen LogP contribution in [0.5, 0.6) is 11.8 Å². The second-order valence-electron chi connectivity index (χ2n) is 5.10. The molecule has 0 saturated heterocycles. The minimum atomic E-state index is -0.298. The molecule has 122 valence electrons. The predicted molar refractivity (Wildman–Crippen MR) is 90.4 cm³/mol. The van der Waals surface area contributed by atoms with Crippen LogP contribution < -0.4 is 9.47 Å². The van der Waals surface area contributed by atoms with Crippen LogP contribution in [0.25, 0.3) is 0 Å². The molecular formula is C17H20N2O3S. The van der Waals surface area contributed by atoms with E-state index in [1.54, 1.807) is 6.07 Å². The summed E-state index contributed by atoms with van der Waals surface area (Å²) in [5.74, 6) is 0.861. The Morgan fingerprint density at radius 3 is 2.26 bits per heavy atom. The summed E-state index contributed by atoms with van der Waals surface area (Å²) in [6.45, 7) is 4.08. The second kappa shape index (κ2) is 7.97. The third-order valence-corrected chi connectivity index (χ3v) is 4.81. The molecule has 0 spiro atoms. The Hall–Kier alpha value is -2.08. The summed E-state index contributed by atoms with van der Waals surface area (Å²) in [6.07, 6.45) is 0.942. The lowest BCUT2D eigenvalue weighted by Gasteiger charge is -2.20. The van der Waals surface area contributed by atoms with E-state index >= 15 is 0 Å². The van der Waals surface area contributed by atoms with Crippen LogP contribution in [0.3, 0.4) is 0 Å². The SMILES string of the molecule is COc1cc(OC)nc(SC(C=O)C(C)c2ccccc2C)n1. The van der Waals surface area contributed by atoms with Gasteiger partial charge >= 0.3 is 0 Å². The molecule has 1 aromatic heterocycles. The molecule has 0 radical (unpaired) electrons. The highest BCUT2D eigenvalue weighted by atomic mass is 32.2.